The number of ether oxygens (including phenoxy) is 2. The van der Waals surface area contributed by atoms with E-state index in [1.807, 2.05) is 6.92 Å². The number of phenolic OH excluding ortho intramolecular Hbond substituents is 1. The van der Waals surface area contributed by atoms with Crippen LogP contribution in [0, 0.1) is 17.8 Å². The molecule has 1 aromatic rings. The van der Waals surface area contributed by atoms with Crippen LogP contribution in [0.25, 0.3) is 0 Å². The zero-order valence-corrected chi connectivity index (χ0v) is 26.7. The number of hydrogen-bond donors (Lipinski definition) is 5. The molecule has 250 valence electrons. The number of nitrogens with zero attached hydrogens (tertiary/aromatic N) is 2. The first-order valence-electron chi connectivity index (χ1n) is 16.8. The van der Waals surface area contributed by atoms with Crippen LogP contribution in [0.1, 0.15) is 89.0 Å². The number of fused-ring (bicyclic) bond motifs is 2. The molecule has 2 amide bonds. The predicted molar refractivity (Wildman–Crippen MR) is 169 cm³/mol. The highest BCUT2D eigenvalue weighted by Gasteiger charge is 2.63. The molecule has 7 unspecified atom stereocenters. The van der Waals surface area contributed by atoms with Crippen LogP contribution < -0.4 is 10.1 Å². The summed E-state index contributed by atoms with van der Waals surface area (Å²) in [6, 6.07) is 3.88. The molecule has 5 N–H and O–H groups in total. The number of amides is 2. The molecule has 7 atom stereocenters. The minimum Gasteiger partial charge on any atom is -0.508 e. The quantitative estimate of drug-likeness (QED) is 0.159. The second-order valence-corrected chi connectivity index (χ2v) is 13.0. The molecule has 2 fully saturated rings. The molecule has 0 radical (unpaired) electrons. The lowest BCUT2D eigenvalue weighted by molar-refractivity contribution is -0.226. The number of rotatable bonds is 13. The van der Waals surface area contributed by atoms with Gasteiger partial charge in [0.25, 0.3) is 0 Å². The van der Waals surface area contributed by atoms with Crippen molar-refractivity contribution in [2.75, 3.05) is 33.4 Å². The SMILES string of the molecule is CCCNC(=O)N(C)C1CC(=NOC2CCCCO2)C2=CC(CCCCO)C(CCCCO)C3c4cc(O)ccc4OC1(O)C23. The molecule has 1 saturated carbocycles. The lowest BCUT2D eigenvalue weighted by Crippen LogP contribution is -2.69. The summed E-state index contributed by atoms with van der Waals surface area (Å²) in [7, 11) is 1.68. The Hall–Kier alpha value is -2.86. The van der Waals surface area contributed by atoms with E-state index in [0.717, 1.165) is 62.5 Å². The third-order valence-electron chi connectivity index (χ3n) is 9.99. The van der Waals surface area contributed by atoms with Crippen molar-refractivity contribution in [3.8, 4) is 11.5 Å². The number of phenols is 1. The molecule has 11 nitrogen and oxygen atoms in total. The van der Waals surface area contributed by atoms with Gasteiger partial charge in [-0.15, -0.1) is 0 Å². The number of allylic oxidation sites excluding steroid dienone is 1. The number of nitrogens with one attached hydrogen (secondary N) is 1. The van der Waals surface area contributed by atoms with Crippen LogP contribution in [-0.2, 0) is 9.57 Å². The molecule has 5 rings (SSSR count). The number of aliphatic hydroxyl groups excluding tert-OH is 2. The van der Waals surface area contributed by atoms with E-state index in [1.54, 1.807) is 25.2 Å². The van der Waals surface area contributed by atoms with Gasteiger partial charge in [-0.25, -0.2) is 4.79 Å². The molecule has 2 aliphatic heterocycles. The first kappa shape index (κ1) is 33.5. The van der Waals surface area contributed by atoms with E-state index in [9.17, 15) is 25.2 Å². The third kappa shape index (κ3) is 7.11. The fraction of sp³-hybridized carbons (Fsp3) is 0.706. The first-order valence-corrected chi connectivity index (χ1v) is 16.8. The van der Waals surface area contributed by atoms with Gasteiger partial charge in [0.1, 0.15) is 17.5 Å². The average molecular weight is 630 g/mol. The summed E-state index contributed by atoms with van der Waals surface area (Å²) in [4.78, 5) is 20.9. The Morgan fingerprint density at radius 1 is 1.16 bits per heavy atom. The van der Waals surface area contributed by atoms with Crippen LogP contribution in [0.4, 0.5) is 4.79 Å². The molecular formula is C34H51N3O8. The summed E-state index contributed by atoms with van der Waals surface area (Å²) in [5, 5.41) is 50.3. The monoisotopic (exact) mass is 629 g/mol. The first-order chi connectivity index (χ1) is 21.8. The fourth-order valence-electron chi connectivity index (χ4n) is 7.78. The summed E-state index contributed by atoms with van der Waals surface area (Å²) in [6.07, 6.45) is 10.0. The van der Waals surface area contributed by atoms with Crippen molar-refractivity contribution in [2.24, 2.45) is 22.9 Å². The number of carbonyl (C=O) groups excluding carboxylic acids is 1. The molecule has 0 bridgehead atoms. The molecule has 4 aliphatic rings. The van der Waals surface area contributed by atoms with Crippen molar-refractivity contribution in [3.63, 3.8) is 0 Å². The Labute approximate surface area is 266 Å². The molecule has 45 heavy (non-hydrogen) atoms. The van der Waals surface area contributed by atoms with E-state index in [1.165, 1.54) is 4.90 Å². The van der Waals surface area contributed by atoms with Gasteiger partial charge in [0, 0.05) is 51.1 Å². The fourth-order valence-corrected chi connectivity index (χ4v) is 7.78. The van der Waals surface area contributed by atoms with Gasteiger partial charge < -0.3 is 45.0 Å². The number of carbonyl (C=O) groups is 1. The van der Waals surface area contributed by atoms with Gasteiger partial charge >= 0.3 is 6.03 Å². The molecule has 0 aromatic heterocycles. The molecule has 11 heteroatoms. The summed E-state index contributed by atoms with van der Waals surface area (Å²) in [6.45, 7) is 3.31. The minimum absolute atomic E-state index is 0.0433. The van der Waals surface area contributed by atoms with Crippen molar-refractivity contribution in [1.82, 2.24) is 10.2 Å². The lowest BCUT2D eigenvalue weighted by Gasteiger charge is -2.58. The molecular weight excluding hydrogens is 578 g/mol. The summed E-state index contributed by atoms with van der Waals surface area (Å²) in [5.74, 6) is -1.93. The summed E-state index contributed by atoms with van der Waals surface area (Å²) in [5.41, 5.74) is 2.29. The molecule has 1 saturated heterocycles. The van der Waals surface area contributed by atoms with E-state index in [-0.39, 0.29) is 49.2 Å². The van der Waals surface area contributed by atoms with Crippen molar-refractivity contribution < 1.29 is 39.5 Å². The Balaban J connectivity index is 1.64. The van der Waals surface area contributed by atoms with Gasteiger partial charge in [0.05, 0.1) is 18.2 Å². The maximum Gasteiger partial charge on any atom is 0.317 e. The lowest BCUT2D eigenvalue weighted by atomic mass is 9.55. The maximum atomic E-state index is 13.4. The number of aromatic hydroxyl groups is 1. The van der Waals surface area contributed by atoms with Gasteiger partial charge in [0.2, 0.25) is 12.1 Å². The average Bonchev–Trinajstić information content (AvgIpc) is 3.04. The largest absolute Gasteiger partial charge is 0.508 e. The Morgan fingerprint density at radius 2 is 1.93 bits per heavy atom. The molecule has 1 aromatic carbocycles. The number of unbranched alkanes of at least 4 members (excludes halogenated alkanes) is 2. The van der Waals surface area contributed by atoms with Crippen molar-refractivity contribution >= 4 is 11.7 Å². The summed E-state index contributed by atoms with van der Waals surface area (Å²) >= 11 is 0. The Bertz CT molecular complexity index is 1220. The molecule has 2 heterocycles. The number of benzene rings is 1. The maximum absolute atomic E-state index is 13.4. The Kier molecular flexibility index (Phi) is 11.3. The van der Waals surface area contributed by atoms with E-state index in [0.29, 0.717) is 37.5 Å². The highest BCUT2D eigenvalue weighted by Crippen LogP contribution is 2.60. The van der Waals surface area contributed by atoms with Crippen molar-refractivity contribution in [3.05, 3.63) is 35.4 Å². The topological polar surface area (TPSA) is 153 Å². The molecule has 2 aliphatic carbocycles. The van der Waals surface area contributed by atoms with Gasteiger partial charge in [-0.05, 0) is 80.6 Å². The van der Waals surface area contributed by atoms with Crippen LogP contribution in [0.15, 0.2) is 35.0 Å². The number of urea groups is 1. The normalized spacial score (nSPS) is 31.3. The van der Waals surface area contributed by atoms with Crippen LogP contribution in [-0.4, -0.2) is 88.6 Å². The molecule has 0 spiro atoms. The van der Waals surface area contributed by atoms with Gasteiger partial charge in [-0.2, -0.15) is 0 Å². The van der Waals surface area contributed by atoms with Gasteiger partial charge in [0.15, 0.2) is 0 Å². The Morgan fingerprint density at radius 3 is 2.64 bits per heavy atom. The number of likely N-dealkylation sites (N-methyl/N-ethyl adjacent to an activating group) is 1. The number of oxime groups is 1. The smallest absolute Gasteiger partial charge is 0.317 e. The van der Waals surface area contributed by atoms with Gasteiger partial charge in [-0.1, -0.05) is 31.0 Å². The van der Waals surface area contributed by atoms with Crippen LogP contribution >= 0.6 is 0 Å². The van der Waals surface area contributed by atoms with E-state index in [4.69, 9.17) is 14.3 Å². The second-order valence-electron chi connectivity index (χ2n) is 13.0. The van der Waals surface area contributed by atoms with Crippen LogP contribution in [0.5, 0.6) is 11.5 Å². The second kappa shape index (κ2) is 15.2. The van der Waals surface area contributed by atoms with Crippen LogP contribution in [0.2, 0.25) is 0 Å². The van der Waals surface area contributed by atoms with Crippen molar-refractivity contribution in [1.29, 1.82) is 0 Å². The van der Waals surface area contributed by atoms with Gasteiger partial charge in [-0.3, -0.25) is 0 Å². The number of hydrogen-bond acceptors (Lipinski definition) is 9. The highest BCUT2D eigenvalue weighted by molar-refractivity contribution is 6.03. The third-order valence-corrected chi connectivity index (χ3v) is 9.99. The van der Waals surface area contributed by atoms with E-state index in [2.05, 4.69) is 16.5 Å². The number of aliphatic hydroxyl groups is 3. The standard InChI is InChI=1S/C34H51N3O8/c1-3-15-35-33(41)37(2)29-21-27(36-45-30-12-6-9-18-43-30)25-19-22(10-4-7-16-38)24(11-5-8-17-39)31-26-20-23(40)13-14-28(26)44-34(29,42)32(25)31/h13-14,19-20,22,24,29-32,38-40,42H,3-12,15-18,21H2,1-2H3,(H,35,41). The summed E-state index contributed by atoms with van der Waals surface area (Å²) < 4.78 is 12.3. The zero-order valence-electron chi connectivity index (χ0n) is 26.7. The van der Waals surface area contributed by atoms with E-state index >= 15 is 0 Å². The predicted octanol–water partition coefficient (Wildman–Crippen LogP) is 4.39. The highest BCUT2D eigenvalue weighted by atomic mass is 16.8. The van der Waals surface area contributed by atoms with Crippen LogP contribution in [0.3, 0.4) is 0 Å². The van der Waals surface area contributed by atoms with Crippen molar-refractivity contribution in [2.45, 2.75) is 102 Å². The van der Waals surface area contributed by atoms with E-state index < -0.39 is 24.0 Å². The zero-order chi connectivity index (χ0) is 32.0. The minimum atomic E-state index is -1.79.